The first kappa shape index (κ1) is 17.5. The molecule has 2 aliphatic rings. The molecule has 10 heteroatoms. The van der Waals surface area contributed by atoms with E-state index in [2.05, 4.69) is 20.3 Å². The van der Waals surface area contributed by atoms with Crippen molar-refractivity contribution in [2.45, 2.75) is 19.5 Å². The molecule has 1 aromatic carbocycles. The van der Waals surface area contributed by atoms with Crippen LogP contribution in [0.4, 0.5) is 10.6 Å². The summed E-state index contributed by atoms with van der Waals surface area (Å²) in [6, 6.07) is 5.57. The first-order valence-electron chi connectivity index (χ1n) is 9.38. The van der Waals surface area contributed by atoms with Gasteiger partial charge in [0.15, 0.2) is 23.0 Å². The molecule has 10 nitrogen and oxygen atoms in total. The summed E-state index contributed by atoms with van der Waals surface area (Å²) >= 11 is 0. The number of nitrogen functional groups attached to an aromatic ring is 1. The van der Waals surface area contributed by atoms with Crippen LogP contribution >= 0.6 is 0 Å². The Balaban J connectivity index is 1.07. The third-order valence-electron chi connectivity index (χ3n) is 5.23. The van der Waals surface area contributed by atoms with Crippen LogP contribution in [0.1, 0.15) is 12.0 Å². The zero-order valence-corrected chi connectivity index (χ0v) is 15.6. The van der Waals surface area contributed by atoms with E-state index in [1.165, 1.54) is 6.33 Å². The maximum atomic E-state index is 12.0. The van der Waals surface area contributed by atoms with Gasteiger partial charge in [0, 0.05) is 13.1 Å². The zero-order chi connectivity index (χ0) is 19.8. The molecule has 3 heterocycles. The van der Waals surface area contributed by atoms with Gasteiger partial charge >= 0.3 is 6.09 Å². The van der Waals surface area contributed by atoms with Crippen molar-refractivity contribution in [1.29, 1.82) is 0 Å². The first-order chi connectivity index (χ1) is 14.2. The molecule has 1 aliphatic heterocycles. The minimum Gasteiger partial charge on any atom is -0.454 e. The second-order valence-electron chi connectivity index (χ2n) is 7.22. The van der Waals surface area contributed by atoms with Gasteiger partial charge in [-0.1, -0.05) is 6.07 Å². The number of anilines is 1. The summed E-state index contributed by atoms with van der Waals surface area (Å²) in [6.07, 6.45) is 3.73. The number of nitrogens with two attached hydrogens (primary N) is 1. The molecule has 0 radical (unpaired) electrons. The van der Waals surface area contributed by atoms with Crippen LogP contribution in [0.25, 0.3) is 11.2 Å². The molecule has 0 saturated heterocycles. The summed E-state index contributed by atoms with van der Waals surface area (Å²) in [5.74, 6) is 2.55. The van der Waals surface area contributed by atoms with Crippen LogP contribution in [-0.2, 0) is 17.8 Å². The highest BCUT2D eigenvalue weighted by Crippen LogP contribution is 2.40. The van der Waals surface area contributed by atoms with Crippen molar-refractivity contribution in [3.63, 3.8) is 0 Å². The number of amides is 1. The highest BCUT2D eigenvalue weighted by Gasteiger charge is 2.38. The Hall–Kier alpha value is -3.56. The molecule has 1 saturated carbocycles. The van der Waals surface area contributed by atoms with Gasteiger partial charge in [0.2, 0.25) is 6.79 Å². The number of hydrogen-bond acceptors (Lipinski definition) is 8. The number of aromatic nitrogens is 4. The molecule has 150 valence electrons. The zero-order valence-electron chi connectivity index (χ0n) is 15.6. The number of fused-ring (bicyclic) bond motifs is 2. The number of hydrogen-bond donors (Lipinski definition) is 2. The summed E-state index contributed by atoms with van der Waals surface area (Å²) in [5.41, 5.74) is 8.08. The number of benzene rings is 1. The Morgan fingerprint density at radius 3 is 3.07 bits per heavy atom. The number of alkyl carbamates (subject to hydrolysis) is 1. The third-order valence-corrected chi connectivity index (χ3v) is 5.23. The molecule has 1 amide bonds. The fourth-order valence-electron chi connectivity index (χ4n) is 3.48. The molecular weight excluding hydrogens is 376 g/mol. The average molecular weight is 396 g/mol. The van der Waals surface area contributed by atoms with Crippen molar-refractivity contribution < 1.29 is 19.0 Å². The van der Waals surface area contributed by atoms with Crippen LogP contribution in [0.5, 0.6) is 11.5 Å². The van der Waals surface area contributed by atoms with Gasteiger partial charge in [0.25, 0.3) is 0 Å². The lowest BCUT2D eigenvalue weighted by atomic mass is 10.2. The van der Waals surface area contributed by atoms with E-state index in [1.807, 2.05) is 22.8 Å². The van der Waals surface area contributed by atoms with Crippen LogP contribution in [-0.4, -0.2) is 39.0 Å². The van der Waals surface area contributed by atoms with Gasteiger partial charge < -0.3 is 29.8 Å². The van der Waals surface area contributed by atoms with Gasteiger partial charge in [-0.25, -0.2) is 19.7 Å². The van der Waals surface area contributed by atoms with Gasteiger partial charge in [-0.2, -0.15) is 0 Å². The molecule has 1 fully saturated rings. The summed E-state index contributed by atoms with van der Waals surface area (Å²) < 4.78 is 17.9. The summed E-state index contributed by atoms with van der Waals surface area (Å²) in [5, 5.41) is 2.76. The van der Waals surface area contributed by atoms with E-state index in [0.717, 1.165) is 29.9 Å². The maximum Gasteiger partial charge on any atom is 0.407 e. The van der Waals surface area contributed by atoms with Gasteiger partial charge in [0.05, 0.1) is 12.9 Å². The molecule has 1 aliphatic carbocycles. The molecule has 0 spiro atoms. The van der Waals surface area contributed by atoms with Gasteiger partial charge in [-0.15, -0.1) is 0 Å². The largest absolute Gasteiger partial charge is 0.454 e. The van der Waals surface area contributed by atoms with E-state index in [4.69, 9.17) is 19.9 Å². The first-order valence-corrected chi connectivity index (χ1v) is 9.38. The van der Waals surface area contributed by atoms with Gasteiger partial charge in [-0.3, -0.25) is 0 Å². The summed E-state index contributed by atoms with van der Waals surface area (Å²) in [6.45, 7) is 1.75. The van der Waals surface area contributed by atoms with Gasteiger partial charge in [0.1, 0.15) is 11.8 Å². The standard InChI is InChI=1S/C19H20N6O4/c20-17-16-18(23-8-22-17)25(9-24-16)6-12-4-13(12)7-27-19(26)21-5-11-1-2-14-15(3-11)29-10-28-14/h1-3,8-9,12-13H,4-7,10H2,(H,21,26)(H2,20,22,23)/t12-,13+/m1/s1. The normalized spacial score (nSPS) is 19.3. The molecule has 5 rings (SSSR count). The average Bonchev–Trinajstić information content (AvgIpc) is 3.10. The molecule has 2 aromatic heterocycles. The lowest BCUT2D eigenvalue weighted by Crippen LogP contribution is -2.24. The number of carbonyl (C=O) groups excluding carboxylic acids is 1. The molecule has 29 heavy (non-hydrogen) atoms. The van der Waals surface area contributed by atoms with E-state index in [-0.39, 0.29) is 6.79 Å². The predicted octanol–water partition coefficient (Wildman–Crippen LogP) is 1.70. The molecule has 3 aromatic rings. The number of nitrogens with one attached hydrogen (secondary N) is 1. The highest BCUT2D eigenvalue weighted by molar-refractivity contribution is 5.81. The number of rotatable bonds is 6. The van der Waals surface area contributed by atoms with Gasteiger partial charge in [-0.05, 0) is 36.0 Å². The summed E-state index contributed by atoms with van der Waals surface area (Å²) in [4.78, 5) is 24.5. The fraction of sp³-hybridized carbons (Fsp3) is 0.368. The predicted molar refractivity (Wildman–Crippen MR) is 102 cm³/mol. The van der Waals surface area contributed by atoms with E-state index in [0.29, 0.717) is 42.1 Å². The van der Waals surface area contributed by atoms with Crippen LogP contribution in [0, 0.1) is 11.8 Å². The molecule has 0 unspecified atom stereocenters. The Bertz CT molecular complexity index is 1070. The Kier molecular flexibility index (Phi) is 4.30. The quantitative estimate of drug-likeness (QED) is 0.645. The van der Waals surface area contributed by atoms with E-state index in [1.54, 1.807) is 6.33 Å². The van der Waals surface area contributed by atoms with E-state index in [9.17, 15) is 4.79 Å². The van der Waals surface area contributed by atoms with Crippen molar-refractivity contribution >= 4 is 23.1 Å². The van der Waals surface area contributed by atoms with Crippen molar-refractivity contribution in [2.75, 3.05) is 19.1 Å². The number of carbonyl (C=O) groups is 1. The topological polar surface area (TPSA) is 126 Å². The van der Waals surface area contributed by atoms with Crippen LogP contribution in [0.3, 0.4) is 0 Å². The summed E-state index contributed by atoms with van der Waals surface area (Å²) in [7, 11) is 0. The molecule has 0 bridgehead atoms. The molecule has 3 N–H and O–H groups in total. The Morgan fingerprint density at radius 2 is 2.14 bits per heavy atom. The lowest BCUT2D eigenvalue weighted by molar-refractivity contribution is 0.138. The SMILES string of the molecule is Nc1ncnc2c1ncn2C[C@H]1C[C@H]1COC(=O)NCc1ccc2c(c1)OCO2. The Morgan fingerprint density at radius 1 is 1.24 bits per heavy atom. The van der Waals surface area contributed by atoms with Crippen molar-refractivity contribution in [3.8, 4) is 11.5 Å². The minimum absolute atomic E-state index is 0.228. The smallest absolute Gasteiger partial charge is 0.407 e. The fourth-order valence-corrected chi connectivity index (χ4v) is 3.48. The second kappa shape index (κ2) is 7.12. The maximum absolute atomic E-state index is 12.0. The van der Waals surface area contributed by atoms with Crippen molar-refractivity contribution in [3.05, 3.63) is 36.4 Å². The number of ether oxygens (including phenoxy) is 3. The molecule has 2 atom stereocenters. The van der Waals surface area contributed by atoms with E-state index >= 15 is 0 Å². The molecular formula is C19H20N6O4. The van der Waals surface area contributed by atoms with Crippen LogP contribution in [0.15, 0.2) is 30.9 Å². The van der Waals surface area contributed by atoms with Crippen LogP contribution < -0.4 is 20.5 Å². The second-order valence-corrected chi connectivity index (χ2v) is 7.22. The van der Waals surface area contributed by atoms with E-state index < -0.39 is 6.09 Å². The van der Waals surface area contributed by atoms with Crippen molar-refractivity contribution in [2.24, 2.45) is 11.8 Å². The monoisotopic (exact) mass is 396 g/mol. The Labute approximate surface area is 166 Å². The third kappa shape index (κ3) is 3.60. The lowest BCUT2D eigenvalue weighted by Gasteiger charge is -2.08. The number of imidazole rings is 1. The number of nitrogens with zero attached hydrogens (tertiary/aromatic N) is 4. The highest BCUT2D eigenvalue weighted by atomic mass is 16.7. The van der Waals surface area contributed by atoms with Crippen molar-refractivity contribution in [1.82, 2.24) is 24.8 Å². The van der Waals surface area contributed by atoms with Crippen LogP contribution in [0.2, 0.25) is 0 Å². The minimum atomic E-state index is -0.429.